The number of piperazine rings is 1. The third kappa shape index (κ3) is 2.49. The zero-order chi connectivity index (χ0) is 13.2. The van der Waals surface area contributed by atoms with E-state index in [4.69, 9.17) is 0 Å². The van der Waals surface area contributed by atoms with Gasteiger partial charge in [-0.3, -0.25) is 0 Å². The van der Waals surface area contributed by atoms with Crippen LogP contribution < -0.4 is 10.6 Å². The molecule has 3 N–H and O–H groups in total. The molecule has 1 aromatic heterocycles. The molecule has 1 fully saturated rings. The first kappa shape index (κ1) is 12.6. The SMILES string of the molecule is CNC(c1ccc2nc[nH]c2c1)C1CN(C)CCN1. The molecule has 5 heteroatoms. The van der Waals surface area contributed by atoms with Gasteiger partial charge in [-0.15, -0.1) is 0 Å². The molecule has 5 nitrogen and oxygen atoms in total. The molecule has 0 bridgehead atoms. The van der Waals surface area contributed by atoms with Crippen molar-refractivity contribution < 1.29 is 0 Å². The number of aromatic nitrogens is 2. The Bertz CT molecular complexity index is 550. The third-order valence-corrected chi connectivity index (χ3v) is 3.93. The van der Waals surface area contributed by atoms with Crippen LogP contribution in [-0.2, 0) is 0 Å². The highest BCUT2D eigenvalue weighted by Gasteiger charge is 2.25. The Labute approximate surface area is 113 Å². The minimum atomic E-state index is 0.315. The van der Waals surface area contributed by atoms with Gasteiger partial charge in [-0.05, 0) is 31.8 Å². The summed E-state index contributed by atoms with van der Waals surface area (Å²) in [5, 5.41) is 7.05. The molecule has 1 saturated heterocycles. The highest BCUT2D eigenvalue weighted by Crippen LogP contribution is 2.22. The normalized spacial score (nSPS) is 22.7. The first-order valence-corrected chi connectivity index (χ1v) is 6.80. The van der Waals surface area contributed by atoms with E-state index in [1.165, 1.54) is 5.56 Å². The summed E-state index contributed by atoms with van der Waals surface area (Å²) in [6.45, 7) is 3.23. The molecule has 3 rings (SSSR count). The molecule has 0 radical (unpaired) electrons. The van der Waals surface area contributed by atoms with Crippen molar-refractivity contribution in [1.82, 2.24) is 25.5 Å². The van der Waals surface area contributed by atoms with Crippen molar-refractivity contribution in [1.29, 1.82) is 0 Å². The second-order valence-electron chi connectivity index (χ2n) is 5.27. The van der Waals surface area contributed by atoms with Crippen LogP contribution in [0.3, 0.4) is 0 Å². The predicted molar refractivity (Wildman–Crippen MR) is 77.2 cm³/mol. The number of hydrogen-bond acceptors (Lipinski definition) is 4. The summed E-state index contributed by atoms with van der Waals surface area (Å²) in [6.07, 6.45) is 1.75. The highest BCUT2D eigenvalue weighted by atomic mass is 15.2. The summed E-state index contributed by atoms with van der Waals surface area (Å²) < 4.78 is 0. The van der Waals surface area contributed by atoms with E-state index in [9.17, 15) is 0 Å². The lowest BCUT2D eigenvalue weighted by Gasteiger charge is -2.36. The first-order chi connectivity index (χ1) is 9.28. The number of nitrogens with one attached hydrogen (secondary N) is 3. The van der Waals surface area contributed by atoms with Crippen molar-refractivity contribution in [2.45, 2.75) is 12.1 Å². The maximum atomic E-state index is 4.27. The van der Waals surface area contributed by atoms with Crippen LogP contribution in [0.4, 0.5) is 0 Å². The minimum Gasteiger partial charge on any atom is -0.345 e. The van der Waals surface area contributed by atoms with Crippen LogP contribution in [0.5, 0.6) is 0 Å². The molecule has 1 aromatic carbocycles. The maximum Gasteiger partial charge on any atom is 0.0931 e. The average Bonchev–Trinajstić information content (AvgIpc) is 2.87. The van der Waals surface area contributed by atoms with Gasteiger partial charge in [0.15, 0.2) is 0 Å². The van der Waals surface area contributed by atoms with Crippen LogP contribution in [0.2, 0.25) is 0 Å². The minimum absolute atomic E-state index is 0.315. The van der Waals surface area contributed by atoms with Crippen LogP contribution in [0.25, 0.3) is 11.0 Å². The summed E-state index contributed by atoms with van der Waals surface area (Å²) in [6, 6.07) is 7.19. The largest absolute Gasteiger partial charge is 0.345 e. The number of rotatable bonds is 3. The number of likely N-dealkylation sites (N-methyl/N-ethyl adjacent to an activating group) is 2. The second-order valence-corrected chi connectivity index (χ2v) is 5.27. The molecule has 0 amide bonds. The van der Waals surface area contributed by atoms with Gasteiger partial charge in [-0.1, -0.05) is 6.07 Å². The Morgan fingerprint density at radius 3 is 3.16 bits per heavy atom. The first-order valence-electron chi connectivity index (χ1n) is 6.80. The van der Waals surface area contributed by atoms with Gasteiger partial charge in [0.1, 0.15) is 0 Å². The molecule has 0 saturated carbocycles. The summed E-state index contributed by atoms with van der Waals surface area (Å²) in [4.78, 5) is 9.83. The summed E-state index contributed by atoms with van der Waals surface area (Å²) in [5.41, 5.74) is 3.42. The van der Waals surface area contributed by atoms with E-state index in [1.54, 1.807) is 6.33 Å². The standard InChI is InChI=1S/C14H21N5/c1-15-14(13-8-19(2)6-5-16-13)10-3-4-11-12(7-10)18-9-17-11/h3-4,7,9,13-16H,5-6,8H2,1-2H3,(H,17,18). The molecule has 2 heterocycles. The van der Waals surface area contributed by atoms with E-state index in [-0.39, 0.29) is 0 Å². The lowest BCUT2D eigenvalue weighted by molar-refractivity contribution is 0.210. The number of aromatic amines is 1. The molecule has 1 aliphatic rings. The number of H-pyrrole nitrogens is 1. The molecule has 1 aliphatic heterocycles. The topological polar surface area (TPSA) is 56.0 Å². The van der Waals surface area contributed by atoms with E-state index in [2.05, 4.69) is 50.7 Å². The summed E-state index contributed by atoms with van der Waals surface area (Å²) in [7, 11) is 4.21. The Hall–Kier alpha value is -1.43. The molecule has 0 aliphatic carbocycles. The molecule has 2 unspecified atom stereocenters. The fraction of sp³-hybridized carbons (Fsp3) is 0.500. The Kier molecular flexibility index (Phi) is 3.50. The molecule has 102 valence electrons. The Morgan fingerprint density at radius 2 is 2.37 bits per heavy atom. The Morgan fingerprint density at radius 1 is 1.47 bits per heavy atom. The Balaban J connectivity index is 1.87. The van der Waals surface area contributed by atoms with Gasteiger partial charge in [-0.25, -0.2) is 4.98 Å². The van der Waals surface area contributed by atoms with Crippen molar-refractivity contribution in [2.24, 2.45) is 0 Å². The molecular formula is C14H21N5. The van der Waals surface area contributed by atoms with Gasteiger partial charge < -0.3 is 20.5 Å². The van der Waals surface area contributed by atoms with Crippen LogP contribution in [-0.4, -0.2) is 54.6 Å². The number of fused-ring (bicyclic) bond motifs is 1. The van der Waals surface area contributed by atoms with Crippen LogP contribution in [0.1, 0.15) is 11.6 Å². The van der Waals surface area contributed by atoms with Gasteiger partial charge in [0.25, 0.3) is 0 Å². The number of imidazole rings is 1. The van der Waals surface area contributed by atoms with E-state index in [0.717, 1.165) is 30.7 Å². The van der Waals surface area contributed by atoms with Crippen molar-refractivity contribution in [2.75, 3.05) is 33.7 Å². The monoisotopic (exact) mass is 259 g/mol. The molecular weight excluding hydrogens is 238 g/mol. The van der Waals surface area contributed by atoms with E-state index in [0.29, 0.717) is 12.1 Å². The summed E-state index contributed by atoms with van der Waals surface area (Å²) in [5.74, 6) is 0. The number of nitrogens with zero attached hydrogens (tertiary/aromatic N) is 2. The van der Waals surface area contributed by atoms with E-state index >= 15 is 0 Å². The van der Waals surface area contributed by atoms with Gasteiger partial charge in [-0.2, -0.15) is 0 Å². The maximum absolute atomic E-state index is 4.27. The quantitative estimate of drug-likeness (QED) is 0.760. The molecule has 2 aromatic rings. The molecule has 19 heavy (non-hydrogen) atoms. The lowest BCUT2D eigenvalue weighted by Crippen LogP contribution is -2.54. The fourth-order valence-electron chi connectivity index (χ4n) is 2.90. The van der Waals surface area contributed by atoms with Gasteiger partial charge in [0.2, 0.25) is 0 Å². The van der Waals surface area contributed by atoms with Gasteiger partial charge >= 0.3 is 0 Å². The van der Waals surface area contributed by atoms with E-state index < -0.39 is 0 Å². The van der Waals surface area contributed by atoms with Crippen molar-refractivity contribution in [3.63, 3.8) is 0 Å². The summed E-state index contributed by atoms with van der Waals surface area (Å²) >= 11 is 0. The lowest BCUT2D eigenvalue weighted by atomic mass is 9.97. The third-order valence-electron chi connectivity index (χ3n) is 3.93. The smallest absolute Gasteiger partial charge is 0.0931 e. The fourth-order valence-corrected chi connectivity index (χ4v) is 2.90. The zero-order valence-corrected chi connectivity index (χ0v) is 11.5. The average molecular weight is 259 g/mol. The van der Waals surface area contributed by atoms with Crippen molar-refractivity contribution in [3.05, 3.63) is 30.1 Å². The van der Waals surface area contributed by atoms with Crippen molar-refractivity contribution in [3.8, 4) is 0 Å². The molecule has 2 atom stereocenters. The van der Waals surface area contributed by atoms with Crippen LogP contribution in [0.15, 0.2) is 24.5 Å². The van der Waals surface area contributed by atoms with Crippen LogP contribution >= 0.6 is 0 Å². The number of hydrogen-bond donors (Lipinski definition) is 3. The highest BCUT2D eigenvalue weighted by molar-refractivity contribution is 5.75. The molecule has 0 spiro atoms. The zero-order valence-electron chi connectivity index (χ0n) is 11.5. The van der Waals surface area contributed by atoms with Gasteiger partial charge in [0.05, 0.1) is 17.4 Å². The predicted octanol–water partition coefficient (Wildman–Crippen LogP) is 0.727. The number of benzene rings is 1. The van der Waals surface area contributed by atoms with Gasteiger partial charge in [0, 0.05) is 31.7 Å². The van der Waals surface area contributed by atoms with Crippen LogP contribution in [0, 0.1) is 0 Å². The van der Waals surface area contributed by atoms with E-state index in [1.807, 2.05) is 7.05 Å². The van der Waals surface area contributed by atoms with Crippen molar-refractivity contribution >= 4 is 11.0 Å². The second kappa shape index (κ2) is 5.28.